The molecule has 0 fully saturated rings. The average molecular weight is 266 g/mol. The van der Waals surface area contributed by atoms with Crippen LogP contribution in [0.15, 0.2) is 12.4 Å². The Morgan fingerprint density at radius 2 is 2.11 bits per heavy atom. The monoisotopic (exact) mass is 266 g/mol. The van der Waals surface area contributed by atoms with Gasteiger partial charge in [-0.25, -0.2) is 0 Å². The van der Waals surface area contributed by atoms with Gasteiger partial charge in [0.05, 0.1) is 18.4 Å². The Hall–Kier alpha value is -1.36. The van der Waals surface area contributed by atoms with Gasteiger partial charge in [-0.05, 0) is 19.5 Å². The maximum Gasteiger partial charge on any atom is 0.224 e. The molecule has 0 aliphatic carbocycles. The lowest BCUT2D eigenvalue weighted by atomic mass is 10.2. The number of likely N-dealkylation sites (N-methyl/N-ethyl adjacent to an activating group) is 1. The Kier molecular flexibility index (Phi) is 7.18. The van der Waals surface area contributed by atoms with Gasteiger partial charge in [-0.15, -0.1) is 0 Å². The maximum atomic E-state index is 11.6. The summed E-state index contributed by atoms with van der Waals surface area (Å²) in [6.45, 7) is 10.3. The van der Waals surface area contributed by atoms with Crippen LogP contribution in [0.2, 0.25) is 0 Å². The van der Waals surface area contributed by atoms with Crippen LogP contribution >= 0.6 is 0 Å². The Morgan fingerprint density at radius 1 is 1.37 bits per heavy atom. The standard InChI is InChI=1S/C14H26N4O/c1-4-7-8-14(19)16-13-11-15-18(12-13)10-9-17(5-2)6-3/h11-12H,4-10H2,1-3H3,(H,16,19). The Balaban J connectivity index is 2.37. The first kappa shape index (κ1) is 15.7. The molecule has 19 heavy (non-hydrogen) atoms. The van der Waals surface area contributed by atoms with E-state index in [2.05, 4.69) is 36.1 Å². The van der Waals surface area contributed by atoms with Crippen LogP contribution in [0.4, 0.5) is 5.69 Å². The van der Waals surface area contributed by atoms with Gasteiger partial charge in [0.25, 0.3) is 0 Å². The van der Waals surface area contributed by atoms with E-state index in [1.54, 1.807) is 6.20 Å². The van der Waals surface area contributed by atoms with Crippen LogP contribution in [-0.4, -0.2) is 40.2 Å². The quantitative estimate of drug-likeness (QED) is 0.746. The van der Waals surface area contributed by atoms with Crippen molar-refractivity contribution in [2.75, 3.05) is 25.0 Å². The van der Waals surface area contributed by atoms with Gasteiger partial charge < -0.3 is 10.2 Å². The summed E-state index contributed by atoms with van der Waals surface area (Å²) in [5, 5.41) is 7.14. The third-order valence-electron chi connectivity index (χ3n) is 3.21. The van der Waals surface area contributed by atoms with E-state index in [1.165, 1.54) is 0 Å². The average Bonchev–Trinajstić information content (AvgIpc) is 2.85. The van der Waals surface area contributed by atoms with Gasteiger partial charge in [-0.2, -0.15) is 5.10 Å². The zero-order valence-electron chi connectivity index (χ0n) is 12.4. The highest BCUT2D eigenvalue weighted by Crippen LogP contribution is 2.06. The first-order chi connectivity index (χ1) is 9.19. The Labute approximate surface area is 116 Å². The molecule has 1 N–H and O–H groups in total. The molecule has 108 valence electrons. The largest absolute Gasteiger partial charge is 0.323 e. The number of nitrogens with one attached hydrogen (secondary N) is 1. The van der Waals surface area contributed by atoms with Gasteiger partial charge in [-0.1, -0.05) is 27.2 Å². The predicted molar refractivity (Wildman–Crippen MR) is 78.2 cm³/mol. The molecule has 0 aliphatic rings. The summed E-state index contributed by atoms with van der Waals surface area (Å²) in [6.07, 6.45) is 6.17. The Morgan fingerprint density at radius 3 is 2.74 bits per heavy atom. The van der Waals surface area contributed by atoms with E-state index < -0.39 is 0 Å². The molecule has 1 heterocycles. The van der Waals surface area contributed by atoms with Gasteiger partial charge in [0.15, 0.2) is 0 Å². The number of hydrogen-bond acceptors (Lipinski definition) is 3. The van der Waals surface area contributed by atoms with Crippen molar-refractivity contribution in [2.24, 2.45) is 0 Å². The van der Waals surface area contributed by atoms with E-state index in [1.807, 2.05) is 10.9 Å². The van der Waals surface area contributed by atoms with Crippen LogP contribution in [0.25, 0.3) is 0 Å². The number of hydrogen-bond donors (Lipinski definition) is 1. The molecule has 0 unspecified atom stereocenters. The number of carbonyl (C=O) groups is 1. The van der Waals surface area contributed by atoms with Gasteiger partial charge in [-0.3, -0.25) is 9.48 Å². The van der Waals surface area contributed by atoms with Crippen molar-refractivity contribution in [1.82, 2.24) is 14.7 Å². The molecule has 1 aromatic rings. The number of carbonyl (C=O) groups excluding carboxylic acids is 1. The molecular weight excluding hydrogens is 240 g/mol. The van der Waals surface area contributed by atoms with Crippen LogP contribution in [0.3, 0.4) is 0 Å². The lowest BCUT2D eigenvalue weighted by Gasteiger charge is -2.17. The third kappa shape index (κ3) is 5.87. The van der Waals surface area contributed by atoms with E-state index in [0.29, 0.717) is 6.42 Å². The second kappa shape index (κ2) is 8.69. The molecule has 0 radical (unpaired) electrons. The summed E-state index contributed by atoms with van der Waals surface area (Å²) in [4.78, 5) is 13.9. The van der Waals surface area contributed by atoms with E-state index in [4.69, 9.17) is 0 Å². The van der Waals surface area contributed by atoms with Crippen LogP contribution < -0.4 is 5.32 Å². The molecule has 0 saturated heterocycles. The number of nitrogens with zero attached hydrogens (tertiary/aromatic N) is 3. The molecule has 5 nitrogen and oxygen atoms in total. The fourth-order valence-electron chi connectivity index (χ4n) is 1.89. The minimum atomic E-state index is 0.0742. The fourth-order valence-corrected chi connectivity index (χ4v) is 1.89. The second-order valence-corrected chi connectivity index (χ2v) is 4.67. The van der Waals surface area contributed by atoms with Gasteiger partial charge in [0.2, 0.25) is 5.91 Å². The molecule has 1 aromatic heterocycles. The highest BCUT2D eigenvalue weighted by atomic mass is 16.1. The highest BCUT2D eigenvalue weighted by Gasteiger charge is 2.05. The molecule has 1 rings (SSSR count). The molecular formula is C14H26N4O. The normalized spacial score (nSPS) is 10.9. The van der Waals surface area contributed by atoms with Crippen molar-refractivity contribution in [1.29, 1.82) is 0 Å². The number of anilines is 1. The van der Waals surface area contributed by atoms with E-state index in [9.17, 15) is 4.79 Å². The van der Waals surface area contributed by atoms with Crippen LogP contribution in [-0.2, 0) is 11.3 Å². The zero-order chi connectivity index (χ0) is 14.1. The number of amides is 1. The second-order valence-electron chi connectivity index (χ2n) is 4.67. The lowest BCUT2D eigenvalue weighted by Crippen LogP contribution is -2.27. The van der Waals surface area contributed by atoms with Crippen molar-refractivity contribution in [3.63, 3.8) is 0 Å². The molecule has 0 aromatic carbocycles. The minimum absolute atomic E-state index is 0.0742. The van der Waals surface area contributed by atoms with Gasteiger partial charge >= 0.3 is 0 Å². The maximum absolute atomic E-state index is 11.6. The van der Waals surface area contributed by atoms with E-state index in [-0.39, 0.29) is 5.91 Å². The van der Waals surface area contributed by atoms with Gasteiger partial charge in [0, 0.05) is 19.2 Å². The molecule has 0 atom stereocenters. The summed E-state index contributed by atoms with van der Waals surface area (Å²) >= 11 is 0. The summed E-state index contributed by atoms with van der Waals surface area (Å²) in [5.74, 6) is 0.0742. The number of aromatic nitrogens is 2. The van der Waals surface area contributed by atoms with E-state index >= 15 is 0 Å². The highest BCUT2D eigenvalue weighted by molar-refractivity contribution is 5.90. The van der Waals surface area contributed by atoms with Crippen LogP contribution in [0.1, 0.15) is 40.0 Å². The van der Waals surface area contributed by atoms with Crippen molar-refractivity contribution in [3.05, 3.63) is 12.4 Å². The van der Waals surface area contributed by atoms with E-state index in [0.717, 1.165) is 44.7 Å². The van der Waals surface area contributed by atoms with Crippen molar-refractivity contribution < 1.29 is 4.79 Å². The molecule has 0 spiro atoms. The number of unbranched alkanes of at least 4 members (excludes halogenated alkanes) is 1. The molecule has 0 aliphatic heterocycles. The predicted octanol–water partition coefficient (Wildman–Crippen LogP) is 2.35. The molecule has 0 saturated carbocycles. The third-order valence-corrected chi connectivity index (χ3v) is 3.21. The first-order valence-electron chi connectivity index (χ1n) is 7.24. The summed E-state index contributed by atoms with van der Waals surface area (Å²) in [5.41, 5.74) is 0.792. The number of rotatable bonds is 9. The molecule has 5 heteroatoms. The van der Waals surface area contributed by atoms with Crippen molar-refractivity contribution >= 4 is 11.6 Å². The summed E-state index contributed by atoms with van der Waals surface area (Å²) in [6, 6.07) is 0. The molecule has 1 amide bonds. The van der Waals surface area contributed by atoms with Crippen LogP contribution in [0.5, 0.6) is 0 Å². The van der Waals surface area contributed by atoms with Crippen molar-refractivity contribution in [2.45, 2.75) is 46.6 Å². The van der Waals surface area contributed by atoms with Gasteiger partial charge in [0.1, 0.15) is 0 Å². The first-order valence-corrected chi connectivity index (χ1v) is 7.24. The van der Waals surface area contributed by atoms with Crippen molar-refractivity contribution in [3.8, 4) is 0 Å². The SMILES string of the molecule is CCCCC(=O)Nc1cnn(CCN(CC)CC)c1. The van der Waals surface area contributed by atoms with Crippen LogP contribution in [0, 0.1) is 0 Å². The topological polar surface area (TPSA) is 50.2 Å². The lowest BCUT2D eigenvalue weighted by molar-refractivity contribution is -0.116. The summed E-state index contributed by atoms with van der Waals surface area (Å²) in [7, 11) is 0. The fraction of sp³-hybridized carbons (Fsp3) is 0.714. The smallest absolute Gasteiger partial charge is 0.224 e. The minimum Gasteiger partial charge on any atom is -0.323 e. The zero-order valence-corrected chi connectivity index (χ0v) is 12.4. The Bertz CT molecular complexity index is 371. The summed E-state index contributed by atoms with van der Waals surface area (Å²) < 4.78 is 1.88. The molecule has 0 bridgehead atoms.